The van der Waals surface area contributed by atoms with Gasteiger partial charge in [0.1, 0.15) is 17.3 Å². The second kappa shape index (κ2) is 5.47. The lowest BCUT2D eigenvalue weighted by atomic mass is 10.1. The van der Waals surface area contributed by atoms with Gasteiger partial charge in [0.05, 0.1) is 11.7 Å². The van der Waals surface area contributed by atoms with Crippen LogP contribution >= 0.6 is 12.2 Å². The van der Waals surface area contributed by atoms with E-state index in [-0.39, 0.29) is 6.10 Å². The predicted octanol–water partition coefficient (Wildman–Crippen LogP) is 2.19. The van der Waals surface area contributed by atoms with Crippen LogP contribution in [0, 0.1) is 6.92 Å². The fourth-order valence-corrected chi connectivity index (χ4v) is 2.15. The Kier molecular flexibility index (Phi) is 3.97. The maximum Gasteiger partial charge on any atom is 0.132 e. The van der Waals surface area contributed by atoms with Gasteiger partial charge in [-0.3, -0.25) is 0 Å². The fraction of sp³-hybridized carbons (Fsp3) is 0.462. The first-order valence-corrected chi connectivity index (χ1v) is 6.23. The second-order valence-electron chi connectivity index (χ2n) is 4.26. The molecule has 1 unspecified atom stereocenters. The summed E-state index contributed by atoms with van der Waals surface area (Å²) in [5.41, 5.74) is 7.54. The molecule has 0 aliphatic carbocycles. The van der Waals surface area contributed by atoms with Gasteiger partial charge in [-0.15, -0.1) is 0 Å². The summed E-state index contributed by atoms with van der Waals surface area (Å²) in [5, 5.41) is 0. The monoisotopic (exact) mass is 251 g/mol. The maximum atomic E-state index is 5.82. The van der Waals surface area contributed by atoms with Crippen molar-refractivity contribution in [1.82, 2.24) is 0 Å². The maximum absolute atomic E-state index is 5.82. The Morgan fingerprint density at radius 3 is 3.06 bits per heavy atom. The van der Waals surface area contributed by atoms with Gasteiger partial charge in [0, 0.05) is 6.61 Å². The minimum Gasteiger partial charge on any atom is -0.490 e. The molecule has 1 heterocycles. The average Bonchev–Trinajstić information content (AvgIpc) is 2.80. The summed E-state index contributed by atoms with van der Waals surface area (Å²) in [7, 11) is 0. The van der Waals surface area contributed by atoms with Crippen molar-refractivity contribution >= 4 is 17.2 Å². The normalized spacial score (nSPS) is 19.2. The Morgan fingerprint density at radius 2 is 2.41 bits per heavy atom. The van der Waals surface area contributed by atoms with Crippen LogP contribution < -0.4 is 10.5 Å². The van der Waals surface area contributed by atoms with Crippen molar-refractivity contribution in [2.75, 3.05) is 13.2 Å². The minimum atomic E-state index is 0.203. The van der Waals surface area contributed by atoms with Gasteiger partial charge >= 0.3 is 0 Å². The van der Waals surface area contributed by atoms with Crippen LogP contribution in [0.15, 0.2) is 18.2 Å². The Balaban J connectivity index is 2.10. The van der Waals surface area contributed by atoms with Crippen LogP contribution in [0.1, 0.15) is 24.0 Å². The van der Waals surface area contributed by atoms with E-state index in [4.69, 9.17) is 27.4 Å². The van der Waals surface area contributed by atoms with Crippen LogP contribution in [0.3, 0.4) is 0 Å². The van der Waals surface area contributed by atoms with Crippen LogP contribution in [0.4, 0.5) is 0 Å². The zero-order chi connectivity index (χ0) is 12.3. The molecule has 17 heavy (non-hydrogen) atoms. The molecule has 1 fully saturated rings. The highest BCUT2D eigenvalue weighted by Gasteiger charge is 2.17. The molecule has 2 N–H and O–H groups in total. The van der Waals surface area contributed by atoms with Crippen LogP contribution in [-0.2, 0) is 4.74 Å². The fourth-order valence-electron chi connectivity index (χ4n) is 1.99. The molecule has 1 saturated heterocycles. The van der Waals surface area contributed by atoms with Gasteiger partial charge in [0.15, 0.2) is 0 Å². The molecular formula is C13H17NO2S. The lowest BCUT2D eigenvalue weighted by molar-refractivity contribution is 0.0677. The number of para-hydroxylation sites is 1. The standard InChI is InChI=1S/C13H17NO2S/c1-9-4-2-6-11(13(14)17)12(9)16-8-10-5-3-7-15-10/h2,4,6,10H,3,5,7-8H2,1H3,(H2,14,17). The number of hydrogen-bond acceptors (Lipinski definition) is 3. The second-order valence-corrected chi connectivity index (χ2v) is 4.70. The molecule has 2 rings (SSSR count). The predicted molar refractivity (Wildman–Crippen MR) is 71.5 cm³/mol. The average molecular weight is 251 g/mol. The summed E-state index contributed by atoms with van der Waals surface area (Å²) in [6, 6.07) is 5.82. The van der Waals surface area contributed by atoms with Crippen molar-refractivity contribution in [3.8, 4) is 5.75 Å². The number of ether oxygens (including phenoxy) is 2. The molecule has 3 nitrogen and oxygen atoms in total. The van der Waals surface area contributed by atoms with E-state index >= 15 is 0 Å². The molecule has 0 bridgehead atoms. The number of hydrogen-bond donors (Lipinski definition) is 1. The van der Waals surface area contributed by atoms with Crippen molar-refractivity contribution in [2.24, 2.45) is 5.73 Å². The van der Waals surface area contributed by atoms with Crippen LogP contribution in [-0.4, -0.2) is 24.3 Å². The van der Waals surface area contributed by atoms with E-state index in [1.54, 1.807) is 0 Å². The third-order valence-corrected chi connectivity index (χ3v) is 3.13. The number of thiocarbonyl (C=S) groups is 1. The summed E-state index contributed by atoms with van der Waals surface area (Å²) in [4.78, 5) is 0.371. The van der Waals surface area contributed by atoms with Gasteiger partial charge in [-0.2, -0.15) is 0 Å². The molecular weight excluding hydrogens is 234 g/mol. The summed E-state index contributed by atoms with van der Waals surface area (Å²) in [6.45, 7) is 3.40. The molecule has 1 aromatic carbocycles. The van der Waals surface area contributed by atoms with Crippen molar-refractivity contribution in [1.29, 1.82) is 0 Å². The molecule has 0 radical (unpaired) electrons. The third kappa shape index (κ3) is 2.96. The zero-order valence-corrected chi connectivity index (χ0v) is 10.8. The number of benzene rings is 1. The van der Waals surface area contributed by atoms with Gasteiger partial charge < -0.3 is 15.2 Å². The Hall–Kier alpha value is -1.13. The lowest BCUT2D eigenvalue weighted by Gasteiger charge is -2.16. The zero-order valence-electron chi connectivity index (χ0n) is 9.94. The van der Waals surface area contributed by atoms with E-state index in [2.05, 4.69) is 0 Å². The highest BCUT2D eigenvalue weighted by Crippen LogP contribution is 2.24. The largest absolute Gasteiger partial charge is 0.490 e. The Labute approximate surface area is 107 Å². The third-order valence-electron chi connectivity index (χ3n) is 2.91. The van der Waals surface area contributed by atoms with E-state index in [0.29, 0.717) is 11.6 Å². The van der Waals surface area contributed by atoms with E-state index in [1.165, 1.54) is 0 Å². The van der Waals surface area contributed by atoms with Crippen LogP contribution in [0.2, 0.25) is 0 Å². The molecule has 0 spiro atoms. The first kappa shape index (κ1) is 12.3. The first-order chi connectivity index (χ1) is 8.18. The molecule has 0 saturated carbocycles. The quantitative estimate of drug-likeness (QED) is 0.833. The number of nitrogens with two attached hydrogens (primary N) is 1. The van der Waals surface area contributed by atoms with Crippen molar-refractivity contribution in [3.63, 3.8) is 0 Å². The van der Waals surface area contributed by atoms with E-state index in [1.807, 2.05) is 25.1 Å². The molecule has 92 valence electrons. The highest BCUT2D eigenvalue weighted by molar-refractivity contribution is 7.80. The van der Waals surface area contributed by atoms with Gasteiger partial charge in [-0.1, -0.05) is 24.4 Å². The molecule has 1 aromatic rings. The van der Waals surface area contributed by atoms with Crippen LogP contribution in [0.25, 0.3) is 0 Å². The summed E-state index contributed by atoms with van der Waals surface area (Å²) < 4.78 is 11.3. The number of aryl methyl sites for hydroxylation is 1. The summed E-state index contributed by atoms with van der Waals surface area (Å²) >= 11 is 5.02. The van der Waals surface area contributed by atoms with Crippen molar-refractivity contribution in [2.45, 2.75) is 25.9 Å². The van der Waals surface area contributed by atoms with Crippen LogP contribution in [0.5, 0.6) is 5.75 Å². The summed E-state index contributed by atoms with van der Waals surface area (Å²) in [6.07, 6.45) is 2.38. The van der Waals surface area contributed by atoms with Crippen molar-refractivity contribution in [3.05, 3.63) is 29.3 Å². The number of rotatable bonds is 4. The molecule has 0 aromatic heterocycles. The molecule has 1 aliphatic rings. The van der Waals surface area contributed by atoms with Gasteiger partial charge in [0.2, 0.25) is 0 Å². The highest BCUT2D eigenvalue weighted by atomic mass is 32.1. The first-order valence-electron chi connectivity index (χ1n) is 5.82. The lowest BCUT2D eigenvalue weighted by Crippen LogP contribution is -2.19. The van der Waals surface area contributed by atoms with E-state index in [9.17, 15) is 0 Å². The molecule has 0 amide bonds. The molecule has 4 heteroatoms. The molecule has 1 atom stereocenters. The van der Waals surface area contributed by atoms with Crippen molar-refractivity contribution < 1.29 is 9.47 Å². The van der Waals surface area contributed by atoms with E-state index in [0.717, 1.165) is 36.3 Å². The summed E-state index contributed by atoms with van der Waals surface area (Å²) in [5.74, 6) is 0.788. The Bertz CT molecular complexity index is 414. The smallest absolute Gasteiger partial charge is 0.132 e. The Morgan fingerprint density at radius 1 is 1.59 bits per heavy atom. The van der Waals surface area contributed by atoms with Gasteiger partial charge in [-0.25, -0.2) is 0 Å². The van der Waals surface area contributed by atoms with E-state index < -0.39 is 0 Å². The SMILES string of the molecule is Cc1cccc(C(N)=S)c1OCC1CCCO1. The topological polar surface area (TPSA) is 44.5 Å². The minimum absolute atomic E-state index is 0.203. The molecule has 1 aliphatic heterocycles. The van der Waals surface area contributed by atoms with Gasteiger partial charge in [0.25, 0.3) is 0 Å². The van der Waals surface area contributed by atoms with Gasteiger partial charge in [-0.05, 0) is 31.4 Å².